The van der Waals surface area contributed by atoms with Crippen LogP contribution in [0.2, 0.25) is 0 Å². The van der Waals surface area contributed by atoms with E-state index in [2.05, 4.69) is 36.5 Å². The molecule has 0 atom stereocenters. The predicted molar refractivity (Wildman–Crippen MR) is 75.5 cm³/mol. The van der Waals surface area contributed by atoms with Gasteiger partial charge in [-0.25, -0.2) is 0 Å². The Hall–Kier alpha value is -0.830. The van der Waals surface area contributed by atoms with Gasteiger partial charge < -0.3 is 5.32 Å². The highest BCUT2D eigenvalue weighted by molar-refractivity contribution is 4.98. The van der Waals surface area contributed by atoms with E-state index < -0.39 is 0 Å². The van der Waals surface area contributed by atoms with Gasteiger partial charge in [0.25, 0.3) is 0 Å². The first-order valence-electron chi connectivity index (χ1n) is 7.50. The molecule has 0 spiro atoms. The van der Waals surface area contributed by atoms with E-state index in [1.165, 1.54) is 38.5 Å². The van der Waals surface area contributed by atoms with Gasteiger partial charge in [0.15, 0.2) is 0 Å². The third-order valence-corrected chi connectivity index (χ3v) is 3.94. The highest BCUT2D eigenvalue weighted by atomic mass is 15.3. The highest BCUT2D eigenvalue weighted by Crippen LogP contribution is 2.28. The number of aromatic nitrogens is 2. The molecule has 18 heavy (non-hydrogen) atoms. The molecule has 1 aliphatic carbocycles. The van der Waals surface area contributed by atoms with Gasteiger partial charge in [-0.15, -0.1) is 0 Å². The molecule has 1 aromatic heterocycles. The third kappa shape index (κ3) is 4.13. The van der Waals surface area contributed by atoms with Crippen molar-refractivity contribution in [3.8, 4) is 0 Å². The van der Waals surface area contributed by atoms with Crippen molar-refractivity contribution in [3.05, 3.63) is 18.0 Å². The normalized spacial score (nSPS) is 16.8. The SMILES string of the molecule is CC(C)n1ccc(CNCCCC2CCCC2)n1. The molecule has 0 radical (unpaired) electrons. The zero-order valence-corrected chi connectivity index (χ0v) is 11.9. The van der Waals surface area contributed by atoms with Crippen molar-refractivity contribution >= 4 is 0 Å². The fourth-order valence-corrected chi connectivity index (χ4v) is 2.79. The molecule has 2 rings (SSSR count). The molecular weight excluding hydrogens is 222 g/mol. The summed E-state index contributed by atoms with van der Waals surface area (Å²) in [6.45, 7) is 6.35. The molecular formula is C15H27N3. The quantitative estimate of drug-likeness (QED) is 0.749. The van der Waals surface area contributed by atoms with Crippen molar-refractivity contribution in [2.45, 2.75) is 65.0 Å². The van der Waals surface area contributed by atoms with Crippen LogP contribution in [0.25, 0.3) is 0 Å². The van der Waals surface area contributed by atoms with Crippen molar-refractivity contribution in [1.29, 1.82) is 0 Å². The molecule has 1 aromatic rings. The minimum absolute atomic E-state index is 0.459. The molecule has 0 saturated heterocycles. The second-order valence-electron chi connectivity index (χ2n) is 5.85. The van der Waals surface area contributed by atoms with E-state index in [-0.39, 0.29) is 0 Å². The van der Waals surface area contributed by atoms with Crippen molar-refractivity contribution in [3.63, 3.8) is 0 Å². The van der Waals surface area contributed by atoms with Crippen LogP contribution >= 0.6 is 0 Å². The predicted octanol–water partition coefficient (Wildman–Crippen LogP) is 3.52. The van der Waals surface area contributed by atoms with Crippen molar-refractivity contribution < 1.29 is 0 Å². The molecule has 0 amide bonds. The minimum atomic E-state index is 0.459. The molecule has 1 aliphatic rings. The molecule has 0 aliphatic heterocycles. The standard InChI is InChI=1S/C15H27N3/c1-13(2)18-11-9-15(17-18)12-16-10-5-8-14-6-3-4-7-14/h9,11,13-14,16H,3-8,10,12H2,1-2H3. The van der Waals surface area contributed by atoms with E-state index in [0.29, 0.717) is 6.04 Å². The van der Waals surface area contributed by atoms with Gasteiger partial charge in [0, 0.05) is 18.8 Å². The van der Waals surface area contributed by atoms with E-state index in [9.17, 15) is 0 Å². The summed E-state index contributed by atoms with van der Waals surface area (Å²) in [5.41, 5.74) is 1.16. The smallest absolute Gasteiger partial charge is 0.0762 e. The molecule has 0 bridgehead atoms. The van der Waals surface area contributed by atoms with Gasteiger partial charge in [-0.05, 0) is 45.2 Å². The van der Waals surface area contributed by atoms with Gasteiger partial charge >= 0.3 is 0 Å². The minimum Gasteiger partial charge on any atom is -0.311 e. The van der Waals surface area contributed by atoms with Crippen LogP contribution in [-0.4, -0.2) is 16.3 Å². The van der Waals surface area contributed by atoms with Gasteiger partial charge in [0.05, 0.1) is 5.69 Å². The largest absolute Gasteiger partial charge is 0.311 e. The molecule has 0 unspecified atom stereocenters. The van der Waals surface area contributed by atoms with Crippen LogP contribution in [0.15, 0.2) is 12.3 Å². The summed E-state index contributed by atoms with van der Waals surface area (Å²) < 4.78 is 2.02. The van der Waals surface area contributed by atoms with Gasteiger partial charge in [-0.2, -0.15) is 5.10 Å². The Morgan fingerprint density at radius 3 is 2.83 bits per heavy atom. The molecule has 3 heteroatoms. The number of nitrogens with one attached hydrogen (secondary N) is 1. The third-order valence-electron chi connectivity index (χ3n) is 3.94. The first-order chi connectivity index (χ1) is 8.75. The maximum Gasteiger partial charge on any atom is 0.0762 e. The Morgan fingerprint density at radius 2 is 2.17 bits per heavy atom. The number of nitrogens with zero attached hydrogens (tertiary/aromatic N) is 2. The topological polar surface area (TPSA) is 29.9 Å². The Morgan fingerprint density at radius 1 is 1.39 bits per heavy atom. The molecule has 102 valence electrons. The lowest BCUT2D eigenvalue weighted by Gasteiger charge is -2.08. The van der Waals surface area contributed by atoms with Gasteiger partial charge in [-0.3, -0.25) is 4.68 Å². The van der Waals surface area contributed by atoms with Crippen molar-refractivity contribution in [1.82, 2.24) is 15.1 Å². The van der Waals surface area contributed by atoms with Crippen LogP contribution in [0.5, 0.6) is 0 Å². The summed E-state index contributed by atoms with van der Waals surface area (Å²) in [5.74, 6) is 1.02. The summed E-state index contributed by atoms with van der Waals surface area (Å²) in [6.07, 6.45) is 10.7. The summed E-state index contributed by atoms with van der Waals surface area (Å²) in [7, 11) is 0. The molecule has 1 heterocycles. The number of rotatable bonds is 7. The van der Waals surface area contributed by atoms with Crippen LogP contribution in [-0.2, 0) is 6.54 Å². The lowest BCUT2D eigenvalue weighted by Crippen LogP contribution is -2.16. The van der Waals surface area contributed by atoms with Crippen molar-refractivity contribution in [2.24, 2.45) is 5.92 Å². The number of hydrogen-bond acceptors (Lipinski definition) is 2. The van der Waals surface area contributed by atoms with E-state index >= 15 is 0 Å². The summed E-state index contributed by atoms with van der Waals surface area (Å²) in [5, 5.41) is 8.04. The fraction of sp³-hybridized carbons (Fsp3) is 0.800. The molecule has 3 nitrogen and oxygen atoms in total. The van der Waals surface area contributed by atoms with Crippen LogP contribution in [0.4, 0.5) is 0 Å². The average molecular weight is 249 g/mol. The Balaban J connectivity index is 1.56. The zero-order chi connectivity index (χ0) is 12.8. The van der Waals surface area contributed by atoms with E-state index in [4.69, 9.17) is 0 Å². The number of hydrogen-bond donors (Lipinski definition) is 1. The Bertz CT molecular complexity index is 337. The second kappa shape index (κ2) is 6.93. The van der Waals surface area contributed by atoms with Crippen LogP contribution in [0.3, 0.4) is 0 Å². The van der Waals surface area contributed by atoms with E-state index in [1.807, 2.05) is 4.68 Å². The van der Waals surface area contributed by atoms with Crippen LogP contribution < -0.4 is 5.32 Å². The molecule has 0 aromatic carbocycles. The first kappa shape index (κ1) is 13.6. The lowest BCUT2D eigenvalue weighted by molar-refractivity contribution is 0.468. The monoisotopic (exact) mass is 249 g/mol. The lowest BCUT2D eigenvalue weighted by atomic mass is 10.0. The summed E-state index contributed by atoms with van der Waals surface area (Å²) in [6, 6.07) is 2.57. The van der Waals surface area contributed by atoms with Crippen LogP contribution in [0, 0.1) is 5.92 Å². The highest BCUT2D eigenvalue weighted by Gasteiger charge is 2.13. The van der Waals surface area contributed by atoms with E-state index in [1.54, 1.807) is 0 Å². The maximum atomic E-state index is 4.54. The summed E-state index contributed by atoms with van der Waals surface area (Å²) in [4.78, 5) is 0. The molecule has 1 N–H and O–H groups in total. The van der Waals surface area contributed by atoms with Gasteiger partial charge in [-0.1, -0.05) is 25.7 Å². The first-order valence-corrected chi connectivity index (χ1v) is 7.50. The van der Waals surface area contributed by atoms with Crippen LogP contribution in [0.1, 0.15) is 64.1 Å². The Labute approximate surface area is 111 Å². The molecule has 1 saturated carbocycles. The second-order valence-corrected chi connectivity index (χ2v) is 5.85. The van der Waals surface area contributed by atoms with Gasteiger partial charge in [0.1, 0.15) is 0 Å². The van der Waals surface area contributed by atoms with Crippen molar-refractivity contribution in [2.75, 3.05) is 6.54 Å². The average Bonchev–Trinajstić information content (AvgIpc) is 2.98. The van der Waals surface area contributed by atoms with Gasteiger partial charge in [0.2, 0.25) is 0 Å². The summed E-state index contributed by atoms with van der Waals surface area (Å²) >= 11 is 0. The van der Waals surface area contributed by atoms with E-state index in [0.717, 1.165) is 24.7 Å². The maximum absolute atomic E-state index is 4.54. The Kier molecular flexibility index (Phi) is 5.24. The zero-order valence-electron chi connectivity index (χ0n) is 11.9. The fourth-order valence-electron chi connectivity index (χ4n) is 2.79. The molecule has 1 fully saturated rings.